The molecule has 0 radical (unpaired) electrons. The molecule has 0 bridgehead atoms. The van der Waals surface area contributed by atoms with Gasteiger partial charge in [0.25, 0.3) is 0 Å². The minimum absolute atomic E-state index is 0.0531. The second kappa shape index (κ2) is 4.81. The van der Waals surface area contributed by atoms with Crippen molar-refractivity contribution in [1.29, 1.82) is 0 Å². The number of aliphatic hydroxyl groups is 1. The van der Waals surface area contributed by atoms with E-state index in [4.69, 9.17) is 10.8 Å². The van der Waals surface area contributed by atoms with Crippen LogP contribution in [0, 0.1) is 5.41 Å². The van der Waals surface area contributed by atoms with Gasteiger partial charge in [0.1, 0.15) is 0 Å². The molecule has 1 saturated heterocycles. The normalized spacial score (nSPS) is 28.4. The summed E-state index contributed by atoms with van der Waals surface area (Å²) in [4.78, 5) is 2.42. The first kappa shape index (κ1) is 11.4. The van der Waals surface area contributed by atoms with Crippen LogP contribution in [0.2, 0.25) is 0 Å². The first-order chi connectivity index (χ1) is 7.24. The number of aliphatic hydroxyl groups excluding tert-OH is 1. The standard InChI is InChI=1S/C12H24N2O/c13-11(10-15)9-14-7-5-12(6-8-14)3-1-2-4-12/h11,15H,1-10,13H2. The molecule has 1 heterocycles. The molecule has 2 aliphatic rings. The maximum absolute atomic E-state index is 8.92. The summed E-state index contributed by atoms with van der Waals surface area (Å²) in [6, 6.07) is -0.0531. The Bertz CT molecular complexity index is 192. The van der Waals surface area contributed by atoms with E-state index in [1.165, 1.54) is 51.6 Å². The Morgan fingerprint density at radius 1 is 1.13 bits per heavy atom. The average Bonchev–Trinajstić information content (AvgIpc) is 2.70. The molecule has 3 nitrogen and oxygen atoms in total. The summed E-state index contributed by atoms with van der Waals surface area (Å²) >= 11 is 0. The lowest BCUT2D eigenvalue weighted by molar-refractivity contribution is 0.0965. The van der Waals surface area contributed by atoms with Gasteiger partial charge in [-0.15, -0.1) is 0 Å². The van der Waals surface area contributed by atoms with Crippen LogP contribution in [0.15, 0.2) is 0 Å². The van der Waals surface area contributed by atoms with Gasteiger partial charge in [-0.05, 0) is 44.2 Å². The SMILES string of the molecule is NC(CO)CN1CCC2(CCCC2)CC1. The molecule has 3 N–H and O–H groups in total. The largest absolute Gasteiger partial charge is 0.395 e. The second-order valence-corrected chi connectivity index (χ2v) is 5.45. The Morgan fingerprint density at radius 3 is 2.27 bits per heavy atom. The van der Waals surface area contributed by atoms with Crippen molar-refractivity contribution in [2.75, 3.05) is 26.2 Å². The lowest BCUT2D eigenvalue weighted by Gasteiger charge is -2.40. The number of likely N-dealkylation sites (tertiary alicyclic amines) is 1. The topological polar surface area (TPSA) is 49.5 Å². The van der Waals surface area contributed by atoms with Crippen LogP contribution in [-0.4, -0.2) is 42.3 Å². The first-order valence-corrected chi connectivity index (χ1v) is 6.33. The molecule has 0 amide bonds. The fourth-order valence-electron chi connectivity index (χ4n) is 3.22. The van der Waals surface area contributed by atoms with Gasteiger partial charge in [-0.1, -0.05) is 12.8 Å². The monoisotopic (exact) mass is 212 g/mol. The zero-order valence-electron chi connectivity index (χ0n) is 9.62. The van der Waals surface area contributed by atoms with Crippen LogP contribution in [0.25, 0.3) is 0 Å². The molecule has 15 heavy (non-hydrogen) atoms. The molecule has 1 spiro atoms. The van der Waals surface area contributed by atoms with Crippen molar-refractivity contribution in [3.8, 4) is 0 Å². The van der Waals surface area contributed by atoms with Gasteiger partial charge in [-0.3, -0.25) is 0 Å². The predicted octanol–water partition coefficient (Wildman–Crippen LogP) is 0.962. The Labute approximate surface area is 92.6 Å². The van der Waals surface area contributed by atoms with Crippen LogP contribution in [0.1, 0.15) is 38.5 Å². The number of rotatable bonds is 3. The molecule has 3 heteroatoms. The first-order valence-electron chi connectivity index (χ1n) is 6.33. The van der Waals surface area contributed by atoms with E-state index >= 15 is 0 Å². The Morgan fingerprint density at radius 2 is 1.73 bits per heavy atom. The molecular weight excluding hydrogens is 188 g/mol. The number of nitrogens with two attached hydrogens (primary N) is 1. The summed E-state index contributed by atoms with van der Waals surface area (Å²) in [7, 11) is 0. The van der Waals surface area contributed by atoms with Gasteiger partial charge in [-0.2, -0.15) is 0 Å². The number of hydrogen-bond donors (Lipinski definition) is 2. The predicted molar refractivity (Wildman–Crippen MR) is 61.6 cm³/mol. The molecule has 1 saturated carbocycles. The molecule has 2 rings (SSSR count). The molecule has 0 aromatic carbocycles. The summed E-state index contributed by atoms with van der Waals surface area (Å²) in [6.07, 6.45) is 8.49. The smallest absolute Gasteiger partial charge is 0.0595 e. The molecule has 0 aromatic rings. The maximum atomic E-state index is 8.92. The zero-order chi connectivity index (χ0) is 10.7. The highest BCUT2D eigenvalue weighted by molar-refractivity contribution is 4.90. The summed E-state index contributed by atoms with van der Waals surface area (Å²) in [5, 5.41) is 8.92. The van der Waals surface area contributed by atoms with Gasteiger partial charge in [0.15, 0.2) is 0 Å². The highest BCUT2D eigenvalue weighted by Gasteiger charge is 2.36. The highest BCUT2D eigenvalue weighted by atomic mass is 16.3. The van der Waals surface area contributed by atoms with Crippen LogP contribution in [-0.2, 0) is 0 Å². The van der Waals surface area contributed by atoms with Gasteiger partial charge in [0.05, 0.1) is 6.61 Å². The van der Waals surface area contributed by atoms with Crippen molar-refractivity contribution in [2.45, 2.75) is 44.6 Å². The molecule has 88 valence electrons. The quantitative estimate of drug-likeness (QED) is 0.732. The van der Waals surface area contributed by atoms with E-state index in [-0.39, 0.29) is 12.6 Å². The summed E-state index contributed by atoms with van der Waals surface area (Å²) in [5.74, 6) is 0. The van der Waals surface area contributed by atoms with Gasteiger partial charge in [-0.25, -0.2) is 0 Å². The van der Waals surface area contributed by atoms with Crippen molar-refractivity contribution in [3.63, 3.8) is 0 Å². The molecule has 2 fully saturated rings. The maximum Gasteiger partial charge on any atom is 0.0595 e. The fraction of sp³-hybridized carbons (Fsp3) is 1.00. The van der Waals surface area contributed by atoms with Crippen LogP contribution in [0.4, 0.5) is 0 Å². The van der Waals surface area contributed by atoms with E-state index in [1.54, 1.807) is 0 Å². The van der Waals surface area contributed by atoms with Crippen molar-refractivity contribution in [2.24, 2.45) is 11.1 Å². The van der Waals surface area contributed by atoms with E-state index in [0.717, 1.165) is 6.54 Å². The third kappa shape index (κ3) is 2.71. The van der Waals surface area contributed by atoms with E-state index in [2.05, 4.69) is 4.90 Å². The molecule has 0 aromatic heterocycles. The van der Waals surface area contributed by atoms with Gasteiger partial charge < -0.3 is 15.7 Å². The van der Waals surface area contributed by atoms with Crippen molar-refractivity contribution >= 4 is 0 Å². The third-order valence-corrected chi connectivity index (χ3v) is 4.31. The van der Waals surface area contributed by atoms with Gasteiger partial charge >= 0.3 is 0 Å². The second-order valence-electron chi connectivity index (χ2n) is 5.45. The van der Waals surface area contributed by atoms with E-state index in [0.29, 0.717) is 5.41 Å². The molecular formula is C12H24N2O. The van der Waals surface area contributed by atoms with Crippen molar-refractivity contribution in [1.82, 2.24) is 4.90 Å². The number of hydrogen-bond acceptors (Lipinski definition) is 3. The Hall–Kier alpha value is -0.120. The van der Waals surface area contributed by atoms with Crippen LogP contribution < -0.4 is 5.73 Å². The average molecular weight is 212 g/mol. The van der Waals surface area contributed by atoms with E-state index in [9.17, 15) is 0 Å². The minimum Gasteiger partial charge on any atom is -0.395 e. The molecule has 1 unspecified atom stereocenters. The summed E-state index contributed by atoms with van der Waals surface area (Å²) in [5.41, 5.74) is 6.45. The lowest BCUT2D eigenvalue weighted by atomic mass is 9.77. The Kier molecular flexibility index (Phi) is 3.65. The minimum atomic E-state index is -0.0531. The zero-order valence-corrected chi connectivity index (χ0v) is 9.62. The third-order valence-electron chi connectivity index (χ3n) is 4.31. The van der Waals surface area contributed by atoms with Gasteiger partial charge in [0, 0.05) is 12.6 Å². The van der Waals surface area contributed by atoms with E-state index in [1.807, 2.05) is 0 Å². The fourth-order valence-corrected chi connectivity index (χ4v) is 3.22. The highest BCUT2D eigenvalue weighted by Crippen LogP contribution is 2.45. The number of piperidine rings is 1. The summed E-state index contributed by atoms with van der Waals surface area (Å²) in [6.45, 7) is 3.36. The summed E-state index contributed by atoms with van der Waals surface area (Å²) < 4.78 is 0. The van der Waals surface area contributed by atoms with Crippen LogP contribution in [0.3, 0.4) is 0 Å². The van der Waals surface area contributed by atoms with Gasteiger partial charge in [0.2, 0.25) is 0 Å². The number of nitrogens with zero attached hydrogens (tertiary/aromatic N) is 1. The molecule has 1 atom stereocenters. The van der Waals surface area contributed by atoms with Crippen LogP contribution >= 0.6 is 0 Å². The van der Waals surface area contributed by atoms with E-state index < -0.39 is 0 Å². The van der Waals surface area contributed by atoms with Crippen LogP contribution in [0.5, 0.6) is 0 Å². The molecule has 1 aliphatic carbocycles. The molecule has 1 aliphatic heterocycles. The van der Waals surface area contributed by atoms with Crippen molar-refractivity contribution in [3.05, 3.63) is 0 Å². The lowest BCUT2D eigenvalue weighted by Crippen LogP contribution is -2.45. The van der Waals surface area contributed by atoms with Crippen molar-refractivity contribution < 1.29 is 5.11 Å². The Balaban J connectivity index is 1.76.